The van der Waals surface area contributed by atoms with Gasteiger partial charge in [0.2, 0.25) is 0 Å². The first-order chi connectivity index (χ1) is 8.18. The van der Waals surface area contributed by atoms with Crippen LogP contribution in [0.5, 0.6) is 0 Å². The number of hydrogen-bond donors (Lipinski definition) is 3. The average molecular weight is 253 g/mol. The minimum Gasteiger partial charge on any atom is -0.478 e. The van der Waals surface area contributed by atoms with E-state index in [1.165, 1.54) is 0 Å². The highest BCUT2D eigenvalue weighted by atomic mass is 16.4. The van der Waals surface area contributed by atoms with Gasteiger partial charge in [-0.05, 0) is 29.5 Å². The number of carboxylic acids is 1. The highest BCUT2D eigenvalue weighted by Gasteiger charge is 2.13. The molecule has 4 N–H and O–H groups in total. The van der Waals surface area contributed by atoms with E-state index in [-0.39, 0.29) is 5.41 Å². The monoisotopic (exact) mass is 253 g/mol. The largest absolute Gasteiger partial charge is 0.478 e. The number of carbonyl (C=O) groups is 1. The van der Waals surface area contributed by atoms with Crippen molar-refractivity contribution in [1.29, 1.82) is 0 Å². The molecule has 0 bridgehead atoms. The van der Waals surface area contributed by atoms with Crippen LogP contribution in [0.1, 0.15) is 50.0 Å². The van der Waals surface area contributed by atoms with Gasteiger partial charge in [-0.25, -0.2) is 4.79 Å². The molecule has 0 aliphatic carbocycles. The van der Waals surface area contributed by atoms with E-state index < -0.39 is 12.2 Å². The van der Waals surface area contributed by atoms with Gasteiger partial charge in [-0.2, -0.15) is 0 Å². The Kier molecular flexibility index (Phi) is 6.58. The quantitative estimate of drug-likeness (QED) is 0.706. The van der Waals surface area contributed by atoms with Gasteiger partial charge in [-0.15, -0.1) is 0 Å². The first kappa shape index (κ1) is 16.6. The summed E-state index contributed by atoms with van der Waals surface area (Å²) in [6.45, 7) is 8.12. The molecule has 0 spiro atoms. The molecule has 1 rings (SSSR count). The Bertz CT molecular complexity index is 364. The molecule has 0 saturated carbocycles. The summed E-state index contributed by atoms with van der Waals surface area (Å²) in [7, 11) is 0. The molecule has 18 heavy (non-hydrogen) atoms. The maximum atomic E-state index is 10.6. The van der Waals surface area contributed by atoms with Crippen molar-refractivity contribution < 1.29 is 15.0 Å². The molecule has 1 unspecified atom stereocenters. The van der Waals surface area contributed by atoms with Crippen LogP contribution >= 0.6 is 0 Å². The Morgan fingerprint density at radius 3 is 1.89 bits per heavy atom. The predicted octanol–water partition coefficient (Wildman–Crippen LogP) is 2.36. The minimum atomic E-state index is -0.875. The summed E-state index contributed by atoms with van der Waals surface area (Å²) in [5.74, 6) is -0.875. The molecule has 1 aromatic carbocycles. The average Bonchev–Trinajstić information content (AvgIpc) is 2.28. The fraction of sp³-hybridized carbons (Fsp3) is 0.500. The molecule has 1 aromatic rings. The summed E-state index contributed by atoms with van der Waals surface area (Å²) >= 11 is 0. The van der Waals surface area contributed by atoms with Crippen molar-refractivity contribution in [2.45, 2.75) is 45.8 Å². The first-order valence-electron chi connectivity index (χ1n) is 5.96. The van der Waals surface area contributed by atoms with Gasteiger partial charge in [-0.3, -0.25) is 0 Å². The summed E-state index contributed by atoms with van der Waals surface area (Å²) in [6, 6.07) is 7.01. The van der Waals surface area contributed by atoms with Crippen molar-refractivity contribution >= 4 is 5.97 Å². The molecule has 1 atom stereocenters. The third kappa shape index (κ3) is 6.37. The van der Waals surface area contributed by atoms with Crippen molar-refractivity contribution in [3.05, 3.63) is 35.4 Å². The summed E-state index contributed by atoms with van der Waals surface area (Å²) in [6.07, 6.45) is 0.0231. The zero-order valence-electron chi connectivity index (χ0n) is 11.5. The number of carboxylic acid groups (broad SMARTS) is 1. The highest BCUT2D eigenvalue weighted by molar-refractivity contribution is 5.87. The van der Waals surface area contributed by atoms with E-state index in [1.807, 2.05) is 19.1 Å². The Hall–Kier alpha value is -1.39. The normalized spacial score (nSPS) is 12.3. The van der Waals surface area contributed by atoms with Crippen LogP contribution in [-0.4, -0.2) is 22.4 Å². The molecule has 4 nitrogen and oxygen atoms in total. The van der Waals surface area contributed by atoms with Crippen molar-refractivity contribution in [2.75, 3.05) is 0 Å². The molecular weight excluding hydrogens is 230 g/mol. The van der Waals surface area contributed by atoms with Gasteiger partial charge in [-0.1, -0.05) is 39.8 Å². The van der Waals surface area contributed by atoms with Crippen LogP contribution in [0.2, 0.25) is 0 Å². The van der Waals surface area contributed by atoms with E-state index in [4.69, 9.17) is 15.9 Å². The van der Waals surface area contributed by atoms with Gasteiger partial charge in [0.1, 0.15) is 6.23 Å². The summed E-state index contributed by atoms with van der Waals surface area (Å²) in [5, 5.41) is 16.8. The maximum absolute atomic E-state index is 10.6. The number of aliphatic hydroxyl groups excluding tert-OH is 1. The maximum Gasteiger partial charge on any atom is 0.335 e. The second kappa shape index (κ2) is 7.13. The first-order valence-corrected chi connectivity index (χ1v) is 5.96. The lowest BCUT2D eigenvalue weighted by molar-refractivity contribution is 0.0697. The number of aliphatic hydroxyl groups is 1. The van der Waals surface area contributed by atoms with E-state index in [2.05, 4.69) is 20.8 Å². The molecule has 0 aliphatic rings. The minimum absolute atomic E-state index is 0.0804. The summed E-state index contributed by atoms with van der Waals surface area (Å²) < 4.78 is 0. The van der Waals surface area contributed by atoms with Crippen LogP contribution in [0.15, 0.2) is 24.3 Å². The lowest BCUT2D eigenvalue weighted by Crippen LogP contribution is -2.16. The smallest absolute Gasteiger partial charge is 0.335 e. The Morgan fingerprint density at radius 1 is 1.28 bits per heavy atom. The standard InChI is InChI=1S/C11H14O2.C3H9NO/c1-11(2,3)9-6-4-8(5-7-9)10(12)13;1-2-3(4)5/h4-7H,1-3H3,(H,12,13);3,5H,2,4H2,1H3. The molecule has 0 amide bonds. The van der Waals surface area contributed by atoms with Crippen LogP contribution in [0.3, 0.4) is 0 Å². The van der Waals surface area contributed by atoms with Crippen molar-refractivity contribution in [3.63, 3.8) is 0 Å². The molecule has 0 fully saturated rings. The fourth-order valence-corrected chi connectivity index (χ4v) is 1.11. The van der Waals surface area contributed by atoms with E-state index in [1.54, 1.807) is 12.1 Å². The lowest BCUT2D eigenvalue weighted by atomic mass is 9.87. The van der Waals surface area contributed by atoms with E-state index in [9.17, 15) is 4.79 Å². The van der Waals surface area contributed by atoms with Crippen molar-refractivity contribution in [2.24, 2.45) is 5.73 Å². The van der Waals surface area contributed by atoms with Gasteiger partial charge in [0, 0.05) is 0 Å². The molecule has 0 radical (unpaired) electrons. The number of aromatic carboxylic acids is 1. The third-order valence-corrected chi connectivity index (χ3v) is 2.42. The molecule has 0 aliphatic heterocycles. The second-order valence-corrected chi connectivity index (χ2v) is 5.11. The van der Waals surface area contributed by atoms with Gasteiger partial charge in [0.15, 0.2) is 0 Å². The van der Waals surface area contributed by atoms with Gasteiger partial charge >= 0.3 is 5.97 Å². The van der Waals surface area contributed by atoms with Gasteiger partial charge in [0.25, 0.3) is 0 Å². The van der Waals surface area contributed by atoms with Gasteiger partial charge < -0.3 is 15.9 Å². The number of nitrogens with two attached hydrogens (primary N) is 1. The van der Waals surface area contributed by atoms with Crippen LogP contribution in [-0.2, 0) is 5.41 Å². The van der Waals surface area contributed by atoms with Crippen LogP contribution < -0.4 is 5.73 Å². The Labute approximate surface area is 108 Å². The lowest BCUT2D eigenvalue weighted by Gasteiger charge is -2.18. The molecule has 0 saturated heterocycles. The van der Waals surface area contributed by atoms with Crippen molar-refractivity contribution in [3.8, 4) is 0 Å². The molecule has 0 aromatic heterocycles. The summed E-state index contributed by atoms with van der Waals surface area (Å²) in [4.78, 5) is 10.6. The number of hydrogen-bond acceptors (Lipinski definition) is 3. The molecule has 102 valence electrons. The highest BCUT2D eigenvalue weighted by Crippen LogP contribution is 2.21. The topological polar surface area (TPSA) is 83.5 Å². The Morgan fingerprint density at radius 2 is 1.67 bits per heavy atom. The van der Waals surface area contributed by atoms with Crippen LogP contribution in [0.4, 0.5) is 0 Å². The molecule has 0 heterocycles. The zero-order chi connectivity index (χ0) is 14.3. The van der Waals surface area contributed by atoms with Gasteiger partial charge in [0.05, 0.1) is 5.56 Å². The molecule has 4 heteroatoms. The Balaban J connectivity index is 0.000000494. The summed E-state index contributed by atoms with van der Waals surface area (Å²) in [5.41, 5.74) is 6.42. The van der Waals surface area contributed by atoms with E-state index in [0.717, 1.165) is 5.56 Å². The number of rotatable bonds is 2. The third-order valence-electron chi connectivity index (χ3n) is 2.42. The van der Waals surface area contributed by atoms with Crippen LogP contribution in [0.25, 0.3) is 0 Å². The van der Waals surface area contributed by atoms with E-state index in [0.29, 0.717) is 12.0 Å². The van der Waals surface area contributed by atoms with Crippen molar-refractivity contribution in [1.82, 2.24) is 0 Å². The van der Waals surface area contributed by atoms with E-state index >= 15 is 0 Å². The predicted molar refractivity (Wildman–Crippen MR) is 72.6 cm³/mol. The second-order valence-electron chi connectivity index (χ2n) is 5.11. The van der Waals surface area contributed by atoms with Crippen LogP contribution in [0, 0.1) is 0 Å². The molecular formula is C14H23NO3. The fourth-order valence-electron chi connectivity index (χ4n) is 1.11. The number of benzene rings is 1. The zero-order valence-corrected chi connectivity index (χ0v) is 11.5. The SMILES string of the molecule is CC(C)(C)c1ccc(C(=O)O)cc1.CCC(N)O.